The number of aryl methyl sites for hydroxylation is 2. The topological polar surface area (TPSA) is 328 Å². The second kappa shape index (κ2) is 33.8. The van der Waals surface area contributed by atoms with Crippen molar-refractivity contribution in [3.8, 4) is 0 Å². The van der Waals surface area contributed by atoms with E-state index in [1.807, 2.05) is 98.8 Å². The number of benzene rings is 4. The number of nitrogens with one attached hydrogen (secondary N) is 4. The zero-order chi connectivity index (χ0) is 65.8. The van der Waals surface area contributed by atoms with E-state index in [1.54, 1.807) is 22.0 Å². The van der Waals surface area contributed by atoms with Gasteiger partial charge in [-0.15, -0.1) is 0 Å². The molecule has 2 saturated heterocycles. The standard InChI is InChI=1S/C70H94N14O8/c1-5-53-51(41-49-39-45-21-7-9-23-47(45)43-57(49)77-53)67(89)83-37-17-29-61(83)65(87)79-55(69(91)81(3)59(27-13-15-31-71)63(85)75-35-19-33-73)25-11-12-26-56(70(92)82(4)60(28-14-16-32-72)64(86)76-36-20-34-74)80-66(88)62-30-18-38-84(62)68(90)52-42-50-40-46-22-8-10-24-48(46)44-58(50)78-54(52)6-2/h7-12,21-24,39-44,55-56,59-62H,5-6,13-20,25-38,71-74H2,1-4H3,(H,75,85)(H,76,86)(H,79,87)(H,80,88)/t55-,56?,59-,60-,61?,62?/m0/s1. The van der Waals surface area contributed by atoms with Gasteiger partial charge in [0.2, 0.25) is 35.4 Å². The molecular weight excluding hydrogens is 1160 g/mol. The van der Waals surface area contributed by atoms with Gasteiger partial charge in [0.15, 0.2) is 0 Å². The fourth-order valence-electron chi connectivity index (χ4n) is 12.7. The van der Waals surface area contributed by atoms with E-state index in [4.69, 9.17) is 32.9 Å². The van der Waals surface area contributed by atoms with E-state index in [0.717, 1.165) is 43.4 Å². The maximum atomic E-state index is 15.1. The number of carbonyl (C=O) groups is 8. The van der Waals surface area contributed by atoms with Crippen LogP contribution in [0.1, 0.15) is 136 Å². The number of nitrogens with two attached hydrogens (primary N) is 4. The molecule has 8 amide bonds. The Hall–Kier alpha value is -8.44. The number of hydrogen-bond donors (Lipinski definition) is 8. The van der Waals surface area contributed by atoms with Crippen LogP contribution in [0.3, 0.4) is 0 Å². The van der Waals surface area contributed by atoms with Crippen molar-refractivity contribution in [2.45, 2.75) is 153 Å². The highest BCUT2D eigenvalue weighted by Gasteiger charge is 2.41. The normalized spacial score (nSPS) is 16.2. The minimum absolute atomic E-state index is 0.140. The molecule has 8 rings (SSSR count). The summed E-state index contributed by atoms with van der Waals surface area (Å²) >= 11 is 0. The molecule has 4 heterocycles. The molecule has 492 valence electrons. The molecule has 4 aromatic carbocycles. The average molecular weight is 1260 g/mol. The lowest BCUT2D eigenvalue weighted by Crippen LogP contribution is -2.57. The first-order valence-corrected chi connectivity index (χ1v) is 33.0. The molecule has 2 aliphatic heterocycles. The summed E-state index contributed by atoms with van der Waals surface area (Å²) in [6.07, 6.45) is 9.42. The molecule has 6 aromatic rings. The van der Waals surface area contributed by atoms with Gasteiger partial charge in [-0.2, -0.15) is 0 Å². The van der Waals surface area contributed by atoms with E-state index in [0.29, 0.717) is 126 Å². The van der Waals surface area contributed by atoms with Crippen LogP contribution in [0.2, 0.25) is 0 Å². The second-order valence-corrected chi connectivity index (χ2v) is 24.2. The van der Waals surface area contributed by atoms with E-state index in [1.165, 1.54) is 23.9 Å². The lowest BCUT2D eigenvalue weighted by atomic mass is 10.0. The number of carbonyl (C=O) groups excluding carboxylic acids is 8. The first-order valence-electron chi connectivity index (χ1n) is 33.0. The Morgan fingerprint density at radius 2 is 0.891 bits per heavy atom. The van der Waals surface area contributed by atoms with Gasteiger partial charge in [0.25, 0.3) is 11.8 Å². The van der Waals surface area contributed by atoms with Crippen molar-refractivity contribution >= 4 is 90.6 Å². The quantitative estimate of drug-likeness (QED) is 0.0152. The Labute approximate surface area is 539 Å². The van der Waals surface area contributed by atoms with Crippen LogP contribution in [-0.2, 0) is 41.6 Å². The number of aromatic nitrogens is 2. The minimum atomic E-state index is -1.29. The van der Waals surface area contributed by atoms with Crippen molar-refractivity contribution in [2.75, 3.05) is 66.5 Å². The first-order chi connectivity index (χ1) is 44.5. The number of fused-ring (bicyclic) bond motifs is 4. The molecule has 12 N–H and O–H groups in total. The minimum Gasteiger partial charge on any atom is -0.354 e. The number of nitrogens with zero attached hydrogens (tertiary/aromatic N) is 6. The maximum absolute atomic E-state index is 15.1. The number of rotatable bonds is 32. The fraction of sp³-hybridized carbons (Fsp3) is 0.486. The molecule has 2 aromatic heterocycles. The van der Waals surface area contributed by atoms with Crippen molar-refractivity contribution in [1.82, 2.24) is 50.8 Å². The van der Waals surface area contributed by atoms with Crippen LogP contribution < -0.4 is 44.2 Å². The van der Waals surface area contributed by atoms with Crippen molar-refractivity contribution in [2.24, 2.45) is 22.9 Å². The predicted octanol–water partition coefficient (Wildman–Crippen LogP) is 5.27. The summed E-state index contributed by atoms with van der Waals surface area (Å²) in [5.74, 6) is -3.81. The van der Waals surface area contributed by atoms with Gasteiger partial charge in [0.05, 0.1) is 33.5 Å². The molecule has 0 saturated carbocycles. The van der Waals surface area contributed by atoms with Crippen molar-refractivity contribution in [3.63, 3.8) is 0 Å². The smallest absolute Gasteiger partial charge is 0.256 e. The number of unbranched alkanes of at least 4 members (excludes halogenated alkanes) is 2. The van der Waals surface area contributed by atoms with Gasteiger partial charge in [0, 0.05) is 51.0 Å². The summed E-state index contributed by atoms with van der Waals surface area (Å²) in [7, 11) is 3.03. The number of hydrogen-bond acceptors (Lipinski definition) is 14. The fourth-order valence-corrected chi connectivity index (χ4v) is 12.7. The number of pyridine rings is 2. The Balaban J connectivity index is 1.09. The van der Waals surface area contributed by atoms with Gasteiger partial charge in [0.1, 0.15) is 36.3 Å². The van der Waals surface area contributed by atoms with Crippen molar-refractivity contribution < 1.29 is 38.4 Å². The van der Waals surface area contributed by atoms with E-state index < -0.39 is 71.7 Å². The van der Waals surface area contributed by atoms with Gasteiger partial charge in [-0.25, -0.2) is 0 Å². The molecule has 2 aliphatic rings. The Kier molecular flexibility index (Phi) is 25.5. The highest BCUT2D eigenvalue weighted by molar-refractivity contribution is 6.06. The summed E-state index contributed by atoms with van der Waals surface area (Å²) in [6.45, 7) is 6.43. The van der Waals surface area contributed by atoms with Crippen LogP contribution in [0.4, 0.5) is 0 Å². The third-order valence-electron chi connectivity index (χ3n) is 17.9. The summed E-state index contributed by atoms with van der Waals surface area (Å²) in [5.41, 5.74) is 26.7. The van der Waals surface area contributed by atoms with Crippen molar-refractivity contribution in [1.29, 1.82) is 0 Å². The molecule has 6 atom stereocenters. The predicted molar refractivity (Wildman–Crippen MR) is 360 cm³/mol. The zero-order valence-electron chi connectivity index (χ0n) is 53.9. The lowest BCUT2D eigenvalue weighted by Gasteiger charge is -2.32. The first kappa shape index (κ1) is 69.4. The molecule has 92 heavy (non-hydrogen) atoms. The zero-order valence-corrected chi connectivity index (χ0v) is 53.9. The number of amides is 8. The maximum Gasteiger partial charge on any atom is 0.256 e. The third kappa shape index (κ3) is 17.0. The number of likely N-dealkylation sites (N-methyl/N-ethyl adjacent to an activating group) is 2. The van der Waals surface area contributed by atoms with Gasteiger partial charge < -0.3 is 63.8 Å². The highest BCUT2D eigenvalue weighted by atomic mass is 16.2. The van der Waals surface area contributed by atoms with Gasteiger partial charge >= 0.3 is 0 Å². The summed E-state index contributed by atoms with van der Waals surface area (Å²) in [6, 6.07) is 21.1. The molecule has 22 nitrogen and oxygen atoms in total. The molecule has 0 radical (unpaired) electrons. The van der Waals surface area contributed by atoms with Crippen LogP contribution in [0.25, 0.3) is 43.4 Å². The second-order valence-electron chi connectivity index (χ2n) is 24.2. The monoisotopic (exact) mass is 1260 g/mol. The van der Waals surface area contributed by atoms with Crippen LogP contribution in [0, 0.1) is 0 Å². The molecule has 0 aliphatic carbocycles. The molecule has 3 unspecified atom stereocenters. The summed E-state index contributed by atoms with van der Waals surface area (Å²) in [5, 5.41) is 17.4. The van der Waals surface area contributed by atoms with E-state index in [9.17, 15) is 28.8 Å². The average Bonchev–Trinajstić information content (AvgIpc) is 0.849. The molecule has 0 bridgehead atoms. The van der Waals surface area contributed by atoms with E-state index in [2.05, 4.69) is 21.3 Å². The van der Waals surface area contributed by atoms with Crippen LogP contribution >= 0.6 is 0 Å². The Morgan fingerprint density at radius 3 is 1.25 bits per heavy atom. The lowest BCUT2D eigenvalue weighted by molar-refractivity contribution is -0.142. The largest absolute Gasteiger partial charge is 0.354 e. The SMILES string of the molecule is CCc1nc2cc3ccccc3cc2cc1C(=O)N1CCCC1C(=O)NC(CC=CC[C@H](NC(=O)C1CCCN1C(=O)c1cc2cc3ccccc3cc2nc1CC)C(=O)N(C)[C@@H](CCCCN)C(=O)NCCCN)C(=O)N(C)[C@@H](CCCCN)C(=O)NCCCN. The van der Waals surface area contributed by atoms with Crippen LogP contribution in [0.5, 0.6) is 0 Å². The van der Waals surface area contributed by atoms with Crippen molar-refractivity contribution in [3.05, 3.63) is 120 Å². The number of likely N-dealkylation sites (tertiary alicyclic amines) is 2. The summed E-state index contributed by atoms with van der Waals surface area (Å²) < 4.78 is 0. The van der Waals surface area contributed by atoms with Gasteiger partial charge in [-0.3, -0.25) is 48.3 Å². The molecule has 0 spiro atoms. The van der Waals surface area contributed by atoms with E-state index >= 15 is 9.59 Å². The third-order valence-corrected chi connectivity index (χ3v) is 17.9. The van der Waals surface area contributed by atoms with E-state index in [-0.39, 0.29) is 63.7 Å². The molecule has 22 heteroatoms. The Bertz CT molecular complexity index is 3400. The van der Waals surface area contributed by atoms with Gasteiger partial charge in [-0.1, -0.05) is 74.5 Å². The van der Waals surface area contributed by atoms with Crippen LogP contribution in [0.15, 0.2) is 97.1 Å². The highest BCUT2D eigenvalue weighted by Crippen LogP contribution is 2.30. The molecular formula is C70H94N14O8. The Morgan fingerprint density at radius 1 is 0.522 bits per heavy atom. The summed E-state index contributed by atoms with van der Waals surface area (Å²) in [4.78, 5) is 133. The van der Waals surface area contributed by atoms with Gasteiger partial charge in [-0.05, 0) is 187 Å². The molecule has 2 fully saturated rings. The van der Waals surface area contributed by atoms with Crippen LogP contribution in [-0.4, -0.2) is 180 Å².